The third-order valence-corrected chi connectivity index (χ3v) is 4.53. The molecule has 0 radical (unpaired) electrons. The zero-order chi connectivity index (χ0) is 15.6. The first-order chi connectivity index (χ1) is 9.92. The summed E-state index contributed by atoms with van der Waals surface area (Å²) in [4.78, 5) is 21.9. The molecule has 0 atom stereocenters. The van der Waals surface area contributed by atoms with Gasteiger partial charge in [-0.05, 0) is 6.07 Å². The number of carboxylic acid groups (broad SMARTS) is 1. The Bertz CT molecular complexity index is 716. The molecule has 0 fully saturated rings. The number of hydrogen-bond acceptors (Lipinski definition) is 6. The number of aromatic carboxylic acids is 1. The summed E-state index contributed by atoms with van der Waals surface area (Å²) < 4.78 is 18.3. The van der Waals surface area contributed by atoms with Gasteiger partial charge >= 0.3 is 5.97 Å². The Balaban J connectivity index is 2.41. The molecule has 0 amide bonds. The molecule has 9 heteroatoms. The van der Waals surface area contributed by atoms with Crippen molar-refractivity contribution in [2.75, 3.05) is 7.11 Å². The van der Waals surface area contributed by atoms with Crippen molar-refractivity contribution in [2.45, 2.75) is 9.79 Å². The molecule has 1 N–H and O–H groups in total. The summed E-state index contributed by atoms with van der Waals surface area (Å²) in [7, 11) is 1.26. The van der Waals surface area contributed by atoms with Crippen LogP contribution in [-0.2, 0) is 0 Å². The first-order valence-electron chi connectivity index (χ1n) is 5.44. The molecule has 0 saturated heterocycles. The van der Waals surface area contributed by atoms with Gasteiger partial charge < -0.3 is 9.84 Å². The smallest absolute Gasteiger partial charge is 0.345 e. The molecule has 0 bridgehead atoms. The van der Waals surface area contributed by atoms with Crippen molar-refractivity contribution >= 4 is 34.8 Å². The fourth-order valence-corrected chi connectivity index (χ4v) is 3.37. The molecule has 2 aromatic rings. The molecule has 21 heavy (non-hydrogen) atoms. The number of carbonyl (C=O) groups is 1. The first kappa shape index (κ1) is 15.3. The fourth-order valence-electron chi connectivity index (χ4n) is 1.52. The molecular weight excluding hydrogens is 321 g/mol. The average molecular weight is 329 g/mol. The summed E-state index contributed by atoms with van der Waals surface area (Å²) in [5.41, 5.74) is -0.402. The van der Waals surface area contributed by atoms with Crippen molar-refractivity contribution in [3.05, 3.63) is 44.4 Å². The fraction of sp³-hybridized carbons (Fsp3) is 0.0833. The molecule has 1 aromatic carbocycles. The van der Waals surface area contributed by atoms with E-state index in [1.54, 1.807) is 5.38 Å². The molecule has 0 aliphatic rings. The minimum Gasteiger partial charge on any atom is -0.494 e. The number of ether oxygens (including phenoxy) is 1. The van der Waals surface area contributed by atoms with Gasteiger partial charge in [-0.15, -0.1) is 11.3 Å². The highest BCUT2D eigenvalue weighted by atomic mass is 32.2. The van der Waals surface area contributed by atoms with Gasteiger partial charge in [0, 0.05) is 16.3 Å². The standard InChI is InChI=1S/C12H8FNO5S2/c1-19-9-4-10(8(14(17)18)3-7(9)13)21-6-2-11(12(15)16)20-5-6/h2-5H,1H3,(H,15,16). The number of methoxy groups -OCH3 is 1. The zero-order valence-corrected chi connectivity index (χ0v) is 12.2. The minimum atomic E-state index is -1.07. The third kappa shape index (κ3) is 3.31. The number of thiophene rings is 1. The van der Waals surface area contributed by atoms with Crippen LogP contribution < -0.4 is 4.74 Å². The Morgan fingerprint density at radius 1 is 1.48 bits per heavy atom. The second kappa shape index (κ2) is 6.10. The number of hydrogen-bond donors (Lipinski definition) is 1. The van der Waals surface area contributed by atoms with Gasteiger partial charge in [-0.2, -0.15) is 0 Å². The van der Waals surface area contributed by atoms with Gasteiger partial charge in [0.1, 0.15) is 4.88 Å². The molecule has 1 aromatic heterocycles. The highest BCUT2D eigenvalue weighted by Gasteiger charge is 2.20. The van der Waals surface area contributed by atoms with Crippen LogP contribution >= 0.6 is 23.1 Å². The second-order valence-electron chi connectivity index (χ2n) is 3.77. The predicted octanol–water partition coefficient (Wildman–Crippen LogP) is 3.65. The quantitative estimate of drug-likeness (QED) is 0.665. The molecule has 6 nitrogen and oxygen atoms in total. The van der Waals surface area contributed by atoms with E-state index in [0.29, 0.717) is 4.90 Å². The van der Waals surface area contributed by atoms with E-state index >= 15 is 0 Å². The van der Waals surface area contributed by atoms with Crippen molar-refractivity contribution in [2.24, 2.45) is 0 Å². The van der Waals surface area contributed by atoms with Crippen LogP contribution in [0.3, 0.4) is 0 Å². The lowest BCUT2D eigenvalue weighted by Crippen LogP contribution is -1.95. The number of benzene rings is 1. The maximum Gasteiger partial charge on any atom is 0.345 e. The van der Waals surface area contributed by atoms with Crippen LogP contribution in [0.1, 0.15) is 9.67 Å². The first-order valence-corrected chi connectivity index (χ1v) is 7.13. The number of nitrogens with zero attached hydrogens (tertiary/aromatic N) is 1. The Kier molecular flexibility index (Phi) is 4.43. The number of nitro groups is 1. The Labute approximate surface area is 126 Å². The van der Waals surface area contributed by atoms with E-state index in [0.717, 1.165) is 29.2 Å². The normalized spacial score (nSPS) is 10.4. The highest BCUT2D eigenvalue weighted by Crippen LogP contribution is 2.39. The van der Waals surface area contributed by atoms with E-state index < -0.39 is 22.4 Å². The number of rotatable bonds is 5. The Hall–Kier alpha value is -2.13. The zero-order valence-electron chi connectivity index (χ0n) is 10.5. The van der Waals surface area contributed by atoms with E-state index in [1.165, 1.54) is 19.2 Å². The molecule has 0 unspecified atom stereocenters. The van der Waals surface area contributed by atoms with Gasteiger partial charge in [-0.1, -0.05) is 11.8 Å². The number of carboxylic acids is 1. The molecule has 110 valence electrons. The van der Waals surface area contributed by atoms with Gasteiger partial charge in [-0.25, -0.2) is 9.18 Å². The van der Waals surface area contributed by atoms with Gasteiger partial charge in [0.2, 0.25) is 0 Å². The average Bonchev–Trinajstić information content (AvgIpc) is 2.88. The van der Waals surface area contributed by atoms with Gasteiger partial charge in [0.25, 0.3) is 5.69 Å². The van der Waals surface area contributed by atoms with Gasteiger partial charge in [-0.3, -0.25) is 10.1 Å². The van der Waals surface area contributed by atoms with E-state index in [4.69, 9.17) is 9.84 Å². The van der Waals surface area contributed by atoms with Crippen molar-refractivity contribution < 1.29 is 24.0 Å². The Morgan fingerprint density at radius 3 is 2.71 bits per heavy atom. The molecule has 0 aliphatic carbocycles. The topological polar surface area (TPSA) is 89.7 Å². The van der Waals surface area contributed by atoms with Crippen molar-refractivity contribution in [1.82, 2.24) is 0 Å². The van der Waals surface area contributed by atoms with Crippen LogP contribution in [0.15, 0.2) is 33.4 Å². The third-order valence-electron chi connectivity index (χ3n) is 2.44. The number of halogens is 1. The molecular formula is C12H8FNO5S2. The van der Waals surface area contributed by atoms with E-state index in [-0.39, 0.29) is 15.5 Å². The van der Waals surface area contributed by atoms with Gasteiger partial charge in [0.15, 0.2) is 11.6 Å². The lowest BCUT2D eigenvalue weighted by Gasteiger charge is -2.06. The Morgan fingerprint density at radius 2 is 2.19 bits per heavy atom. The molecule has 1 heterocycles. The van der Waals surface area contributed by atoms with Crippen LogP contribution in [0.25, 0.3) is 0 Å². The highest BCUT2D eigenvalue weighted by molar-refractivity contribution is 7.99. The molecule has 0 spiro atoms. The van der Waals surface area contributed by atoms with E-state index in [9.17, 15) is 19.3 Å². The van der Waals surface area contributed by atoms with Gasteiger partial charge in [0.05, 0.1) is 23.0 Å². The lowest BCUT2D eigenvalue weighted by molar-refractivity contribution is -0.387. The monoisotopic (exact) mass is 329 g/mol. The summed E-state index contributed by atoms with van der Waals surface area (Å²) in [6.07, 6.45) is 0. The van der Waals surface area contributed by atoms with Crippen LogP contribution in [-0.4, -0.2) is 23.1 Å². The van der Waals surface area contributed by atoms with Crippen LogP contribution in [0.4, 0.5) is 10.1 Å². The lowest BCUT2D eigenvalue weighted by atomic mass is 10.3. The molecule has 0 saturated carbocycles. The van der Waals surface area contributed by atoms with E-state index in [1.807, 2.05) is 0 Å². The van der Waals surface area contributed by atoms with Crippen LogP contribution in [0.5, 0.6) is 5.75 Å². The maximum atomic E-state index is 13.5. The second-order valence-corrected chi connectivity index (χ2v) is 5.79. The molecule has 2 rings (SSSR count). The summed E-state index contributed by atoms with van der Waals surface area (Å²) >= 11 is 1.99. The maximum absolute atomic E-state index is 13.5. The van der Waals surface area contributed by atoms with Crippen molar-refractivity contribution in [1.29, 1.82) is 0 Å². The minimum absolute atomic E-state index is 0.114. The largest absolute Gasteiger partial charge is 0.494 e. The van der Waals surface area contributed by atoms with Crippen LogP contribution in [0, 0.1) is 15.9 Å². The SMILES string of the molecule is COc1cc(Sc2csc(C(=O)O)c2)c([N+](=O)[O-])cc1F. The van der Waals surface area contributed by atoms with Crippen molar-refractivity contribution in [3.8, 4) is 5.75 Å². The predicted molar refractivity (Wildman–Crippen MR) is 75.0 cm³/mol. The van der Waals surface area contributed by atoms with Crippen LogP contribution in [0.2, 0.25) is 0 Å². The molecule has 0 aliphatic heterocycles. The summed E-state index contributed by atoms with van der Waals surface area (Å²) in [6.45, 7) is 0. The summed E-state index contributed by atoms with van der Waals surface area (Å²) in [5, 5.41) is 21.4. The van der Waals surface area contributed by atoms with E-state index in [2.05, 4.69) is 0 Å². The number of nitro benzene ring substituents is 1. The summed E-state index contributed by atoms with van der Waals surface area (Å²) in [5.74, 6) is -2.01. The summed E-state index contributed by atoms with van der Waals surface area (Å²) in [6, 6.07) is 3.40. The van der Waals surface area contributed by atoms with Crippen molar-refractivity contribution in [3.63, 3.8) is 0 Å².